The van der Waals surface area contributed by atoms with Gasteiger partial charge >= 0.3 is 5.97 Å². The van der Waals surface area contributed by atoms with Gasteiger partial charge in [0.2, 0.25) is 11.7 Å². The summed E-state index contributed by atoms with van der Waals surface area (Å²) < 4.78 is 0. The monoisotopic (exact) mass is 345 g/mol. The van der Waals surface area contributed by atoms with E-state index in [4.69, 9.17) is 5.11 Å². The molecule has 25 heavy (non-hydrogen) atoms. The van der Waals surface area contributed by atoms with Gasteiger partial charge < -0.3 is 10.4 Å². The molecule has 1 aromatic carbocycles. The average Bonchev–Trinajstić information content (AvgIpc) is 3.02. The van der Waals surface area contributed by atoms with Crippen LogP contribution in [0.25, 0.3) is 11.4 Å². The van der Waals surface area contributed by atoms with Crippen LogP contribution in [0.2, 0.25) is 0 Å². The summed E-state index contributed by atoms with van der Waals surface area (Å²) in [5.41, 5.74) is 2.01. The molecule has 2 rings (SSSR count). The van der Waals surface area contributed by atoms with E-state index in [1.165, 1.54) is 4.80 Å². The van der Waals surface area contributed by atoms with E-state index in [9.17, 15) is 9.59 Å². The Morgan fingerprint density at radius 2 is 1.84 bits per heavy atom. The van der Waals surface area contributed by atoms with Gasteiger partial charge in [-0.25, -0.2) is 0 Å². The number of aliphatic carboxylic acids is 1. The minimum absolute atomic E-state index is 0.0257. The molecule has 1 heterocycles. The van der Waals surface area contributed by atoms with E-state index in [1.807, 2.05) is 31.2 Å². The van der Waals surface area contributed by atoms with E-state index in [1.54, 1.807) is 0 Å². The lowest BCUT2D eigenvalue weighted by atomic mass is 10.1. The smallest absolute Gasteiger partial charge is 0.303 e. The maximum absolute atomic E-state index is 11.9. The Bertz CT molecular complexity index is 697. The molecular weight excluding hydrogens is 322 g/mol. The molecule has 0 spiro atoms. The van der Waals surface area contributed by atoms with Gasteiger partial charge in [-0.15, -0.1) is 10.2 Å². The molecule has 0 aliphatic carbocycles. The van der Waals surface area contributed by atoms with Gasteiger partial charge in [0.25, 0.3) is 0 Å². The molecular formula is C17H23N5O3. The number of benzene rings is 1. The zero-order valence-corrected chi connectivity index (χ0v) is 14.3. The lowest BCUT2D eigenvalue weighted by Gasteiger charge is -2.04. The number of carbonyl (C=O) groups excluding carboxylic acids is 1. The first-order valence-electron chi connectivity index (χ1n) is 8.38. The highest BCUT2D eigenvalue weighted by molar-refractivity contribution is 5.75. The number of rotatable bonds is 10. The number of hydrogen-bond donors (Lipinski definition) is 2. The third kappa shape index (κ3) is 6.70. The summed E-state index contributed by atoms with van der Waals surface area (Å²) in [4.78, 5) is 23.5. The molecule has 0 unspecified atom stereocenters. The highest BCUT2D eigenvalue weighted by atomic mass is 16.4. The summed E-state index contributed by atoms with van der Waals surface area (Å²) in [5.74, 6) is -0.441. The molecule has 0 fully saturated rings. The number of aromatic nitrogens is 4. The first-order chi connectivity index (χ1) is 12.0. The van der Waals surface area contributed by atoms with Gasteiger partial charge in [-0.1, -0.05) is 42.7 Å². The van der Waals surface area contributed by atoms with Crippen LogP contribution in [-0.2, 0) is 16.1 Å². The highest BCUT2D eigenvalue weighted by Crippen LogP contribution is 2.13. The first kappa shape index (κ1) is 18.6. The largest absolute Gasteiger partial charge is 0.481 e. The number of nitrogens with zero attached hydrogens (tertiary/aromatic N) is 4. The number of carbonyl (C=O) groups is 2. The molecule has 134 valence electrons. The summed E-state index contributed by atoms with van der Waals surface area (Å²) in [7, 11) is 0. The summed E-state index contributed by atoms with van der Waals surface area (Å²) >= 11 is 0. The quantitative estimate of drug-likeness (QED) is 0.635. The van der Waals surface area contributed by atoms with Crippen LogP contribution >= 0.6 is 0 Å². The lowest BCUT2D eigenvalue weighted by Crippen LogP contribution is -2.29. The molecule has 0 aliphatic heterocycles. The van der Waals surface area contributed by atoms with Gasteiger partial charge in [-0.05, 0) is 25.0 Å². The fourth-order valence-corrected chi connectivity index (χ4v) is 2.30. The minimum Gasteiger partial charge on any atom is -0.481 e. The lowest BCUT2D eigenvalue weighted by molar-refractivity contribution is -0.137. The Morgan fingerprint density at radius 3 is 2.56 bits per heavy atom. The predicted octanol–water partition coefficient (Wildman–Crippen LogP) is 1.80. The van der Waals surface area contributed by atoms with E-state index < -0.39 is 5.97 Å². The Balaban J connectivity index is 1.67. The fraction of sp³-hybridized carbons (Fsp3) is 0.471. The minimum atomic E-state index is -0.765. The third-order valence-corrected chi connectivity index (χ3v) is 3.69. The van der Waals surface area contributed by atoms with Crippen molar-refractivity contribution >= 4 is 11.9 Å². The number of aryl methyl sites for hydroxylation is 1. The van der Waals surface area contributed by atoms with Crippen molar-refractivity contribution in [3.8, 4) is 11.4 Å². The molecule has 1 aromatic heterocycles. The van der Waals surface area contributed by atoms with Crippen LogP contribution in [0, 0.1) is 6.92 Å². The Hall–Kier alpha value is -2.77. The van der Waals surface area contributed by atoms with E-state index in [2.05, 4.69) is 20.7 Å². The first-order valence-corrected chi connectivity index (χ1v) is 8.38. The van der Waals surface area contributed by atoms with Crippen LogP contribution in [0.4, 0.5) is 0 Å². The van der Waals surface area contributed by atoms with Gasteiger partial charge in [0.05, 0.1) is 0 Å². The van der Waals surface area contributed by atoms with E-state index in [0.717, 1.165) is 30.4 Å². The fourth-order valence-electron chi connectivity index (χ4n) is 2.30. The Kier molecular flexibility index (Phi) is 7.06. The van der Waals surface area contributed by atoms with Crippen molar-refractivity contribution in [2.75, 3.05) is 6.54 Å². The van der Waals surface area contributed by atoms with Crippen LogP contribution in [0.5, 0.6) is 0 Å². The number of carboxylic acids is 1. The second-order valence-corrected chi connectivity index (χ2v) is 5.92. The molecule has 1 amide bonds. The molecule has 8 heteroatoms. The van der Waals surface area contributed by atoms with Gasteiger partial charge in [0.15, 0.2) is 0 Å². The normalized spacial score (nSPS) is 10.6. The van der Waals surface area contributed by atoms with Crippen molar-refractivity contribution in [2.24, 2.45) is 0 Å². The second kappa shape index (κ2) is 9.51. The van der Waals surface area contributed by atoms with Crippen LogP contribution < -0.4 is 5.32 Å². The molecule has 2 aromatic rings. The number of hydrogen-bond acceptors (Lipinski definition) is 5. The molecule has 8 nitrogen and oxygen atoms in total. The molecule has 0 saturated heterocycles. The van der Waals surface area contributed by atoms with E-state index in [-0.39, 0.29) is 18.9 Å². The number of nitrogens with one attached hydrogen (secondary N) is 1. The van der Waals surface area contributed by atoms with Crippen molar-refractivity contribution in [1.29, 1.82) is 0 Å². The number of tetrazole rings is 1. The SMILES string of the molecule is Cc1ccc(-c2nnn(CC(=O)NCCCCCCC(=O)O)n2)cc1. The molecule has 0 radical (unpaired) electrons. The van der Waals surface area contributed by atoms with Crippen molar-refractivity contribution in [3.63, 3.8) is 0 Å². The zero-order chi connectivity index (χ0) is 18.1. The van der Waals surface area contributed by atoms with Crippen LogP contribution in [-0.4, -0.2) is 43.7 Å². The van der Waals surface area contributed by atoms with Gasteiger partial charge in [-0.2, -0.15) is 4.80 Å². The van der Waals surface area contributed by atoms with E-state index >= 15 is 0 Å². The van der Waals surface area contributed by atoms with E-state index in [0.29, 0.717) is 18.8 Å². The zero-order valence-electron chi connectivity index (χ0n) is 14.3. The third-order valence-electron chi connectivity index (χ3n) is 3.69. The second-order valence-electron chi connectivity index (χ2n) is 5.92. The molecule has 0 bridgehead atoms. The van der Waals surface area contributed by atoms with Crippen molar-refractivity contribution in [1.82, 2.24) is 25.5 Å². The van der Waals surface area contributed by atoms with Crippen LogP contribution in [0.15, 0.2) is 24.3 Å². The summed E-state index contributed by atoms with van der Waals surface area (Å²) in [6, 6.07) is 7.78. The van der Waals surface area contributed by atoms with Crippen molar-refractivity contribution in [3.05, 3.63) is 29.8 Å². The van der Waals surface area contributed by atoms with Crippen molar-refractivity contribution in [2.45, 2.75) is 45.6 Å². The van der Waals surface area contributed by atoms with Gasteiger partial charge in [-0.3, -0.25) is 9.59 Å². The van der Waals surface area contributed by atoms with Gasteiger partial charge in [0, 0.05) is 18.5 Å². The Morgan fingerprint density at radius 1 is 1.12 bits per heavy atom. The Labute approximate surface area is 146 Å². The summed E-state index contributed by atoms with van der Waals surface area (Å²) in [6.07, 6.45) is 3.45. The van der Waals surface area contributed by atoms with Crippen LogP contribution in [0.3, 0.4) is 0 Å². The molecule has 0 saturated carbocycles. The molecule has 0 aliphatic rings. The predicted molar refractivity (Wildman–Crippen MR) is 91.7 cm³/mol. The number of unbranched alkanes of at least 4 members (excludes halogenated alkanes) is 3. The van der Waals surface area contributed by atoms with Crippen molar-refractivity contribution < 1.29 is 14.7 Å². The standard InChI is InChI=1S/C17H23N5O3/c1-13-7-9-14(10-8-13)17-19-21-22(20-17)12-15(23)18-11-5-3-2-4-6-16(24)25/h7-10H,2-6,11-12H2,1H3,(H,18,23)(H,24,25). The summed E-state index contributed by atoms with van der Waals surface area (Å²) in [5, 5.41) is 23.4. The number of carboxylic acid groups (broad SMARTS) is 1. The summed E-state index contributed by atoms with van der Waals surface area (Å²) in [6.45, 7) is 2.59. The maximum Gasteiger partial charge on any atom is 0.303 e. The molecule has 2 N–H and O–H groups in total. The topological polar surface area (TPSA) is 110 Å². The van der Waals surface area contributed by atoms with Crippen LogP contribution in [0.1, 0.15) is 37.7 Å². The van der Waals surface area contributed by atoms with Gasteiger partial charge in [0.1, 0.15) is 6.54 Å². The molecule has 0 atom stereocenters. The average molecular weight is 345 g/mol. The number of amides is 1. The highest BCUT2D eigenvalue weighted by Gasteiger charge is 2.09. The maximum atomic E-state index is 11.9.